The highest BCUT2D eigenvalue weighted by Gasteiger charge is 2.23. The molecule has 170 valence electrons. The minimum absolute atomic E-state index is 0.206. The van der Waals surface area contributed by atoms with E-state index in [1.165, 1.54) is 11.1 Å². The number of hydrogen-bond acceptors (Lipinski definition) is 5. The van der Waals surface area contributed by atoms with Gasteiger partial charge in [0.25, 0.3) is 0 Å². The summed E-state index contributed by atoms with van der Waals surface area (Å²) in [5.41, 5.74) is 5.47. The van der Waals surface area contributed by atoms with Gasteiger partial charge in [-0.25, -0.2) is 0 Å². The number of aromatic nitrogens is 1. The lowest BCUT2D eigenvalue weighted by Gasteiger charge is -2.34. The number of nitrogens with zero attached hydrogens (tertiary/aromatic N) is 3. The molecule has 1 saturated heterocycles. The Labute approximate surface area is 186 Å². The Balaban J connectivity index is 1.57. The van der Waals surface area contributed by atoms with E-state index in [0.29, 0.717) is 13.2 Å². The first-order valence-electron chi connectivity index (χ1n) is 11.1. The van der Waals surface area contributed by atoms with Crippen molar-refractivity contribution in [3.63, 3.8) is 0 Å². The van der Waals surface area contributed by atoms with Gasteiger partial charge in [-0.3, -0.25) is 14.6 Å². The molecule has 6 nitrogen and oxygen atoms in total. The van der Waals surface area contributed by atoms with Gasteiger partial charge in [0.05, 0.1) is 26.3 Å². The maximum Gasteiger partial charge on any atom is 0.178 e. The van der Waals surface area contributed by atoms with Crippen LogP contribution in [0.3, 0.4) is 0 Å². The number of carbonyl (C=O) groups is 1. The number of hydrogen-bond donors (Lipinski definition) is 0. The standard InChI is InChI=1S/C25H37N3O3/c1-18-7-8-25(31-6)22(13-18)15-26-9-11-27(12-10-26)16-24(29)23-14-19(2)28(21(23)4)20(3)17-30-5/h7-8,13-14,20H,9-12,15-17H2,1-6H3/t20-/m0/s1. The summed E-state index contributed by atoms with van der Waals surface area (Å²) in [6.07, 6.45) is 0. The third kappa shape index (κ3) is 5.56. The number of carbonyl (C=O) groups excluding carboxylic acids is 1. The Bertz CT molecular complexity index is 898. The molecule has 2 heterocycles. The van der Waals surface area contributed by atoms with Crippen molar-refractivity contribution in [2.75, 3.05) is 53.6 Å². The Morgan fingerprint density at radius 1 is 1.03 bits per heavy atom. The number of piperazine rings is 1. The molecule has 3 rings (SSSR count). The normalized spacial score (nSPS) is 16.5. The number of ether oxygens (including phenoxy) is 2. The van der Waals surface area contributed by atoms with Gasteiger partial charge in [0, 0.05) is 62.3 Å². The van der Waals surface area contributed by atoms with Gasteiger partial charge in [0.2, 0.25) is 0 Å². The van der Waals surface area contributed by atoms with E-state index >= 15 is 0 Å². The van der Waals surface area contributed by atoms with Crippen molar-refractivity contribution in [1.29, 1.82) is 0 Å². The number of rotatable bonds is 9. The first-order chi connectivity index (χ1) is 14.8. The SMILES string of the molecule is COC[C@H](C)n1c(C)cc(C(=O)CN2CCN(Cc3cc(C)ccc3OC)CC2)c1C. The maximum atomic E-state index is 13.1. The Kier molecular flexibility index (Phi) is 7.92. The largest absolute Gasteiger partial charge is 0.496 e. The zero-order valence-electron chi connectivity index (χ0n) is 19.9. The van der Waals surface area contributed by atoms with Crippen molar-refractivity contribution in [3.8, 4) is 5.75 Å². The average molecular weight is 428 g/mol. The molecule has 0 N–H and O–H groups in total. The molecule has 1 atom stereocenters. The molecule has 0 radical (unpaired) electrons. The second-order valence-electron chi connectivity index (χ2n) is 8.75. The van der Waals surface area contributed by atoms with E-state index in [4.69, 9.17) is 9.47 Å². The van der Waals surface area contributed by atoms with Crippen LogP contribution in [-0.2, 0) is 11.3 Å². The molecular formula is C25H37N3O3. The molecule has 1 fully saturated rings. The monoisotopic (exact) mass is 427 g/mol. The number of benzene rings is 1. The molecule has 1 aromatic carbocycles. The second kappa shape index (κ2) is 10.4. The number of methoxy groups -OCH3 is 2. The van der Waals surface area contributed by atoms with Crippen molar-refractivity contribution in [1.82, 2.24) is 14.4 Å². The summed E-state index contributed by atoms with van der Waals surface area (Å²) in [5.74, 6) is 1.15. The molecule has 6 heteroatoms. The quantitative estimate of drug-likeness (QED) is 0.572. The summed E-state index contributed by atoms with van der Waals surface area (Å²) in [6.45, 7) is 14.0. The third-order valence-corrected chi connectivity index (χ3v) is 6.30. The van der Waals surface area contributed by atoms with E-state index in [-0.39, 0.29) is 11.8 Å². The molecule has 0 aliphatic carbocycles. The molecule has 2 aromatic rings. The van der Waals surface area contributed by atoms with Crippen LogP contribution in [0.25, 0.3) is 0 Å². The molecule has 0 bridgehead atoms. The molecule has 0 unspecified atom stereocenters. The molecule has 31 heavy (non-hydrogen) atoms. The van der Waals surface area contributed by atoms with Crippen molar-refractivity contribution >= 4 is 5.78 Å². The zero-order chi connectivity index (χ0) is 22.5. The lowest BCUT2D eigenvalue weighted by atomic mass is 10.1. The van der Waals surface area contributed by atoms with Crippen LogP contribution in [0.5, 0.6) is 5.75 Å². The van der Waals surface area contributed by atoms with Crippen LogP contribution in [0, 0.1) is 20.8 Å². The van der Waals surface area contributed by atoms with Crippen LogP contribution < -0.4 is 4.74 Å². The first-order valence-corrected chi connectivity index (χ1v) is 11.1. The summed E-state index contributed by atoms with van der Waals surface area (Å²) >= 11 is 0. The summed E-state index contributed by atoms with van der Waals surface area (Å²) in [4.78, 5) is 17.8. The van der Waals surface area contributed by atoms with E-state index < -0.39 is 0 Å². The molecule has 0 saturated carbocycles. The second-order valence-corrected chi connectivity index (χ2v) is 8.75. The highest BCUT2D eigenvalue weighted by molar-refractivity contribution is 5.99. The van der Waals surface area contributed by atoms with Crippen LogP contribution in [0.1, 0.15) is 45.8 Å². The minimum atomic E-state index is 0.206. The first kappa shape index (κ1) is 23.5. The molecule has 1 aliphatic heterocycles. The molecule has 1 aliphatic rings. The third-order valence-electron chi connectivity index (χ3n) is 6.30. The van der Waals surface area contributed by atoms with E-state index in [2.05, 4.69) is 47.3 Å². The van der Waals surface area contributed by atoms with Crippen molar-refractivity contribution < 1.29 is 14.3 Å². The zero-order valence-corrected chi connectivity index (χ0v) is 19.9. The highest BCUT2D eigenvalue weighted by Crippen LogP contribution is 2.23. The van der Waals surface area contributed by atoms with E-state index in [0.717, 1.165) is 55.4 Å². The lowest BCUT2D eigenvalue weighted by molar-refractivity contribution is 0.0842. The van der Waals surface area contributed by atoms with Crippen LogP contribution in [-0.4, -0.2) is 73.7 Å². The van der Waals surface area contributed by atoms with Crippen LogP contribution in [0.2, 0.25) is 0 Å². The van der Waals surface area contributed by atoms with E-state index in [1.807, 2.05) is 19.1 Å². The molecular weight excluding hydrogens is 390 g/mol. The van der Waals surface area contributed by atoms with Crippen molar-refractivity contribution in [2.45, 2.75) is 40.3 Å². The Hall–Kier alpha value is -2.15. The predicted molar refractivity (Wildman–Crippen MR) is 124 cm³/mol. The molecule has 0 amide bonds. The minimum Gasteiger partial charge on any atom is -0.496 e. The van der Waals surface area contributed by atoms with E-state index in [9.17, 15) is 4.79 Å². The number of aryl methyl sites for hydroxylation is 2. The molecule has 1 aromatic heterocycles. The maximum absolute atomic E-state index is 13.1. The number of Topliss-reactive ketones (excluding diaryl/α,β-unsaturated/α-hetero) is 1. The van der Waals surface area contributed by atoms with Gasteiger partial charge >= 0.3 is 0 Å². The van der Waals surface area contributed by atoms with Crippen LogP contribution in [0.15, 0.2) is 24.3 Å². The van der Waals surface area contributed by atoms with Gasteiger partial charge in [-0.05, 0) is 39.8 Å². The topological polar surface area (TPSA) is 46.9 Å². The Morgan fingerprint density at radius 2 is 1.71 bits per heavy atom. The summed E-state index contributed by atoms with van der Waals surface area (Å²) in [6, 6.07) is 8.58. The van der Waals surface area contributed by atoms with Gasteiger partial charge < -0.3 is 14.0 Å². The predicted octanol–water partition coefficient (Wildman–Crippen LogP) is 3.63. The van der Waals surface area contributed by atoms with Gasteiger partial charge in [0.1, 0.15) is 5.75 Å². The van der Waals surface area contributed by atoms with Crippen LogP contribution in [0.4, 0.5) is 0 Å². The van der Waals surface area contributed by atoms with Crippen molar-refractivity contribution in [2.24, 2.45) is 0 Å². The smallest absolute Gasteiger partial charge is 0.178 e. The Morgan fingerprint density at radius 3 is 2.35 bits per heavy atom. The fourth-order valence-electron chi connectivity index (χ4n) is 4.72. The summed E-state index contributed by atoms with van der Waals surface area (Å²) < 4.78 is 13.0. The van der Waals surface area contributed by atoms with Gasteiger partial charge in [-0.15, -0.1) is 0 Å². The average Bonchev–Trinajstić information content (AvgIpc) is 3.04. The number of ketones is 1. The van der Waals surface area contributed by atoms with Gasteiger partial charge in [0.15, 0.2) is 5.78 Å². The fourth-order valence-corrected chi connectivity index (χ4v) is 4.72. The highest BCUT2D eigenvalue weighted by atomic mass is 16.5. The van der Waals surface area contributed by atoms with Gasteiger partial charge in [-0.2, -0.15) is 0 Å². The molecule has 0 spiro atoms. The van der Waals surface area contributed by atoms with E-state index in [1.54, 1.807) is 14.2 Å². The van der Waals surface area contributed by atoms with Gasteiger partial charge in [-0.1, -0.05) is 17.7 Å². The van der Waals surface area contributed by atoms with Crippen LogP contribution >= 0.6 is 0 Å². The van der Waals surface area contributed by atoms with Crippen molar-refractivity contribution in [3.05, 3.63) is 52.3 Å². The summed E-state index contributed by atoms with van der Waals surface area (Å²) in [5, 5.41) is 0. The lowest BCUT2D eigenvalue weighted by Crippen LogP contribution is -2.47. The fraction of sp³-hybridized carbons (Fsp3) is 0.560. The summed E-state index contributed by atoms with van der Waals surface area (Å²) in [7, 11) is 3.44.